The van der Waals surface area contributed by atoms with Gasteiger partial charge in [-0.15, -0.1) is 11.3 Å². The molecule has 1 aromatic carbocycles. The maximum atomic E-state index is 12.0. The zero-order valence-electron chi connectivity index (χ0n) is 11.8. The van der Waals surface area contributed by atoms with E-state index in [2.05, 4.69) is 10.3 Å². The number of carbonyl (C=O) groups is 2. The molecule has 2 N–H and O–H groups in total. The summed E-state index contributed by atoms with van der Waals surface area (Å²) in [5.41, 5.74) is 2.21. The van der Waals surface area contributed by atoms with Gasteiger partial charge in [0.1, 0.15) is 0 Å². The highest BCUT2D eigenvalue weighted by Crippen LogP contribution is 2.22. The van der Waals surface area contributed by atoms with Crippen molar-refractivity contribution in [3.8, 4) is 11.3 Å². The number of nitrogens with one attached hydrogen (secondary N) is 1. The maximum Gasteiger partial charge on any atom is 0.308 e. The number of thiazole rings is 1. The van der Waals surface area contributed by atoms with Gasteiger partial charge in [0.05, 0.1) is 16.6 Å². The first-order valence-electron chi connectivity index (χ1n) is 6.51. The van der Waals surface area contributed by atoms with Gasteiger partial charge in [0, 0.05) is 23.1 Å². The van der Waals surface area contributed by atoms with E-state index in [9.17, 15) is 9.59 Å². The van der Waals surface area contributed by atoms with E-state index in [-0.39, 0.29) is 12.5 Å². The molecule has 0 spiro atoms. The van der Waals surface area contributed by atoms with Crippen molar-refractivity contribution >= 4 is 23.2 Å². The van der Waals surface area contributed by atoms with Crippen LogP contribution in [0.1, 0.15) is 22.3 Å². The van der Waals surface area contributed by atoms with Crippen molar-refractivity contribution in [1.82, 2.24) is 10.3 Å². The minimum Gasteiger partial charge on any atom is -0.481 e. The zero-order valence-corrected chi connectivity index (χ0v) is 12.6. The lowest BCUT2D eigenvalue weighted by atomic mass is 10.1. The number of benzene rings is 1. The van der Waals surface area contributed by atoms with Gasteiger partial charge in [0.25, 0.3) is 5.91 Å². The van der Waals surface area contributed by atoms with E-state index in [1.165, 1.54) is 0 Å². The number of aromatic nitrogens is 1. The van der Waals surface area contributed by atoms with Crippen LogP contribution in [-0.4, -0.2) is 28.5 Å². The van der Waals surface area contributed by atoms with Gasteiger partial charge in [-0.3, -0.25) is 9.59 Å². The fourth-order valence-electron chi connectivity index (χ4n) is 1.75. The predicted octanol–water partition coefficient (Wildman–Crippen LogP) is 2.57. The van der Waals surface area contributed by atoms with E-state index in [1.54, 1.807) is 36.5 Å². The molecular weight excluding hydrogens is 288 g/mol. The van der Waals surface area contributed by atoms with Gasteiger partial charge in [-0.05, 0) is 19.1 Å². The summed E-state index contributed by atoms with van der Waals surface area (Å²) >= 11 is 1.55. The van der Waals surface area contributed by atoms with E-state index in [1.807, 2.05) is 18.4 Å². The lowest BCUT2D eigenvalue weighted by Gasteiger charge is -2.09. The Balaban J connectivity index is 2.10. The Morgan fingerprint density at radius 1 is 1.43 bits per heavy atom. The van der Waals surface area contributed by atoms with E-state index >= 15 is 0 Å². The highest BCUT2D eigenvalue weighted by atomic mass is 32.1. The molecule has 0 aliphatic carbocycles. The maximum absolute atomic E-state index is 12.0. The van der Waals surface area contributed by atoms with Gasteiger partial charge < -0.3 is 10.4 Å². The second kappa shape index (κ2) is 6.49. The summed E-state index contributed by atoms with van der Waals surface area (Å²) in [4.78, 5) is 27.2. The van der Waals surface area contributed by atoms with Crippen LogP contribution in [0, 0.1) is 12.8 Å². The molecule has 0 saturated carbocycles. The normalized spacial score (nSPS) is 11.9. The number of rotatable bonds is 5. The average Bonchev–Trinajstić information content (AvgIpc) is 2.91. The van der Waals surface area contributed by atoms with E-state index in [4.69, 9.17) is 5.11 Å². The molecule has 110 valence electrons. The summed E-state index contributed by atoms with van der Waals surface area (Å²) in [6, 6.07) is 7.14. The number of aryl methyl sites for hydroxylation is 1. The molecule has 0 bridgehead atoms. The Bertz CT molecular complexity index is 666. The number of carboxylic acid groups (broad SMARTS) is 1. The number of hydrogen-bond donors (Lipinski definition) is 2. The lowest BCUT2D eigenvalue weighted by Crippen LogP contribution is -2.31. The molecule has 1 aromatic heterocycles. The molecule has 1 atom stereocenters. The summed E-state index contributed by atoms with van der Waals surface area (Å²) in [5, 5.41) is 14.3. The van der Waals surface area contributed by atoms with Crippen LogP contribution >= 0.6 is 11.3 Å². The van der Waals surface area contributed by atoms with Crippen molar-refractivity contribution < 1.29 is 14.7 Å². The van der Waals surface area contributed by atoms with Gasteiger partial charge in [-0.2, -0.15) is 0 Å². The van der Waals surface area contributed by atoms with Crippen molar-refractivity contribution in [2.24, 2.45) is 5.92 Å². The zero-order chi connectivity index (χ0) is 15.4. The smallest absolute Gasteiger partial charge is 0.308 e. The molecular formula is C15H16N2O3S. The number of carboxylic acids is 1. The second-order valence-corrected chi connectivity index (χ2v) is 5.84. The van der Waals surface area contributed by atoms with Crippen molar-refractivity contribution in [3.05, 3.63) is 40.2 Å². The van der Waals surface area contributed by atoms with Crippen molar-refractivity contribution in [2.45, 2.75) is 13.8 Å². The number of aliphatic carboxylic acids is 1. The fraction of sp³-hybridized carbons (Fsp3) is 0.267. The SMILES string of the molecule is Cc1nc(-c2cccc(C(=O)NCC(C)C(=O)O)c2)cs1. The molecule has 5 nitrogen and oxygen atoms in total. The third-order valence-electron chi connectivity index (χ3n) is 3.03. The van der Waals surface area contributed by atoms with Crippen LogP contribution in [0.4, 0.5) is 0 Å². The highest BCUT2D eigenvalue weighted by molar-refractivity contribution is 7.09. The van der Waals surface area contributed by atoms with Gasteiger partial charge >= 0.3 is 5.97 Å². The first-order chi connectivity index (χ1) is 9.97. The van der Waals surface area contributed by atoms with Crippen LogP contribution in [0.3, 0.4) is 0 Å². The predicted molar refractivity (Wildman–Crippen MR) is 81.4 cm³/mol. The summed E-state index contributed by atoms with van der Waals surface area (Å²) in [5.74, 6) is -1.82. The molecule has 2 rings (SSSR count). The molecule has 0 fully saturated rings. The van der Waals surface area contributed by atoms with Gasteiger partial charge in [-0.1, -0.05) is 19.1 Å². The lowest BCUT2D eigenvalue weighted by molar-refractivity contribution is -0.140. The third kappa shape index (κ3) is 3.88. The third-order valence-corrected chi connectivity index (χ3v) is 3.80. The topological polar surface area (TPSA) is 79.3 Å². The minimum absolute atomic E-state index is 0.105. The number of amides is 1. The monoisotopic (exact) mass is 304 g/mol. The molecule has 1 unspecified atom stereocenters. The van der Waals surface area contributed by atoms with Gasteiger partial charge in [0.2, 0.25) is 0 Å². The van der Waals surface area contributed by atoms with Crippen molar-refractivity contribution in [3.63, 3.8) is 0 Å². The number of hydrogen-bond acceptors (Lipinski definition) is 4. The summed E-state index contributed by atoms with van der Waals surface area (Å²) < 4.78 is 0. The van der Waals surface area contributed by atoms with Crippen molar-refractivity contribution in [1.29, 1.82) is 0 Å². The van der Waals surface area contributed by atoms with Crippen LogP contribution in [-0.2, 0) is 4.79 Å². The van der Waals surface area contributed by atoms with Crippen LogP contribution in [0.25, 0.3) is 11.3 Å². The molecule has 1 heterocycles. The molecule has 1 amide bonds. The molecule has 0 aliphatic heterocycles. The molecule has 2 aromatic rings. The fourth-order valence-corrected chi connectivity index (χ4v) is 2.37. The van der Waals surface area contributed by atoms with Gasteiger partial charge in [0.15, 0.2) is 0 Å². The Morgan fingerprint density at radius 2 is 2.19 bits per heavy atom. The first-order valence-corrected chi connectivity index (χ1v) is 7.39. The Morgan fingerprint density at radius 3 is 2.81 bits per heavy atom. The van der Waals surface area contributed by atoms with Gasteiger partial charge in [-0.25, -0.2) is 4.98 Å². The number of carbonyl (C=O) groups excluding carboxylic acids is 1. The summed E-state index contributed by atoms with van der Waals surface area (Å²) in [6.45, 7) is 3.59. The Kier molecular flexibility index (Phi) is 4.70. The molecule has 0 radical (unpaired) electrons. The first kappa shape index (κ1) is 15.2. The molecule has 0 saturated heterocycles. The largest absolute Gasteiger partial charge is 0.481 e. The number of nitrogens with zero attached hydrogens (tertiary/aromatic N) is 1. The molecule has 21 heavy (non-hydrogen) atoms. The Labute approximate surface area is 126 Å². The average molecular weight is 304 g/mol. The summed E-state index contributed by atoms with van der Waals surface area (Å²) in [7, 11) is 0. The minimum atomic E-state index is -0.929. The molecule has 0 aliphatic rings. The van der Waals surface area contributed by atoms with E-state index in [0.29, 0.717) is 5.56 Å². The highest BCUT2D eigenvalue weighted by Gasteiger charge is 2.13. The Hall–Kier alpha value is -2.21. The van der Waals surface area contributed by atoms with Crippen LogP contribution in [0.5, 0.6) is 0 Å². The van der Waals surface area contributed by atoms with Crippen molar-refractivity contribution in [2.75, 3.05) is 6.54 Å². The van der Waals surface area contributed by atoms with E-state index < -0.39 is 11.9 Å². The second-order valence-electron chi connectivity index (χ2n) is 4.78. The quantitative estimate of drug-likeness (QED) is 0.889. The van der Waals surface area contributed by atoms with Crippen LogP contribution in [0.2, 0.25) is 0 Å². The summed E-state index contributed by atoms with van der Waals surface area (Å²) in [6.07, 6.45) is 0. The van der Waals surface area contributed by atoms with Crippen LogP contribution in [0.15, 0.2) is 29.6 Å². The van der Waals surface area contributed by atoms with Crippen LogP contribution < -0.4 is 5.32 Å². The van der Waals surface area contributed by atoms with E-state index in [0.717, 1.165) is 16.3 Å². The standard InChI is InChI=1S/C15H16N2O3S/c1-9(15(19)20)7-16-14(18)12-5-3-4-11(6-12)13-8-21-10(2)17-13/h3-6,8-9H,7H2,1-2H3,(H,16,18)(H,19,20). The molecule has 6 heteroatoms.